The number of hydrogen-bond acceptors (Lipinski definition) is 5. The second-order valence-corrected chi connectivity index (χ2v) is 6.14. The van der Waals surface area contributed by atoms with Crippen molar-refractivity contribution >= 4 is 28.4 Å². The predicted octanol–water partition coefficient (Wildman–Crippen LogP) is 4.25. The lowest BCUT2D eigenvalue weighted by Gasteiger charge is -2.14. The fraction of sp³-hybridized carbons (Fsp3) is 0.263. The summed E-state index contributed by atoms with van der Waals surface area (Å²) in [6.45, 7) is 5.91. The molecule has 1 aromatic heterocycles. The van der Waals surface area contributed by atoms with Crippen LogP contribution in [0.2, 0.25) is 0 Å². The molecule has 24 heavy (non-hydrogen) atoms. The number of aliphatic hydroxyl groups is 1. The molecule has 3 aromatic rings. The third-order valence-electron chi connectivity index (χ3n) is 3.65. The van der Waals surface area contributed by atoms with Crippen LogP contribution in [-0.2, 0) is 0 Å². The first-order valence-electron chi connectivity index (χ1n) is 8.11. The van der Waals surface area contributed by atoms with Crippen molar-refractivity contribution in [1.82, 2.24) is 9.97 Å². The summed E-state index contributed by atoms with van der Waals surface area (Å²) in [5.41, 5.74) is 2.57. The molecule has 0 aliphatic carbocycles. The molecule has 0 spiro atoms. The Hall–Kier alpha value is -2.66. The smallest absolute Gasteiger partial charge is 0.229 e. The summed E-state index contributed by atoms with van der Waals surface area (Å²) in [5.74, 6) is 1.34. The van der Waals surface area contributed by atoms with Gasteiger partial charge in [0.2, 0.25) is 5.95 Å². The number of rotatable bonds is 5. The number of benzene rings is 2. The second-order valence-electron chi connectivity index (χ2n) is 6.14. The van der Waals surface area contributed by atoms with Crippen molar-refractivity contribution < 1.29 is 5.11 Å². The maximum absolute atomic E-state index is 9.73. The summed E-state index contributed by atoms with van der Waals surface area (Å²) < 4.78 is 0. The highest BCUT2D eigenvalue weighted by molar-refractivity contribution is 5.90. The summed E-state index contributed by atoms with van der Waals surface area (Å²) in [6.07, 6.45) is -0.512. The van der Waals surface area contributed by atoms with Crippen molar-refractivity contribution in [3.05, 3.63) is 54.1 Å². The van der Waals surface area contributed by atoms with Crippen molar-refractivity contribution in [2.75, 3.05) is 10.6 Å². The normalized spacial score (nSPS) is 12.4. The maximum atomic E-state index is 9.73. The molecule has 0 fully saturated rings. The number of nitrogens with zero attached hydrogens (tertiary/aromatic N) is 2. The van der Waals surface area contributed by atoms with Crippen molar-refractivity contribution in [2.24, 2.45) is 0 Å². The number of fused-ring (bicyclic) bond motifs is 1. The minimum absolute atomic E-state index is 0.273. The van der Waals surface area contributed by atoms with Gasteiger partial charge in [-0.05, 0) is 50.6 Å². The highest BCUT2D eigenvalue weighted by Crippen LogP contribution is 2.25. The molecule has 0 saturated carbocycles. The van der Waals surface area contributed by atoms with Crippen LogP contribution in [0.5, 0.6) is 0 Å². The Morgan fingerprint density at radius 2 is 1.75 bits per heavy atom. The van der Waals surface area contributed by atoms with Crippen LogP contribution in [0.4, 0.5) is 17.5 Å². The number of aromatic nitrogens is 2. The SMILES string of the molecule is CC(C)Nc1nc(Nc2cccc(C(C)O)c2)nc2ccccc12. The van der Waals surface area contributed by atoms with Crippen molar-refractivity contribution in [1.29, 1.82) is 0 Å². The molecule has 0 saturated heterocycles. The van der Waals surface area contributed by atoms with Crippen LogP contribution in [-0.4, -0.2) is 21.1 Å². The van der Waals surface area contributed by atoms with Gasteiger partial charge in [-0.15, -0.1) is 0 Å². The number of nitrogens with one attached hydrogen (secondary N) is 2. The zero-order valence-electron chi connectivity index (χ0n) is 14.1. The average molecular weight is 322 g/mol. The molecule has 124 valence electrons. The van der Waals surface area contributed by atoms with Gasteiger partial charge in [0.05, 0.1) is 11.6 Å². The summed E-state index contributed by atoms with van der Waals surface area (Å²) in [7, 11) is 0. The zero-order valence-corrected chi connectivity index (χ0v) is 14.1. The van der Waals surface area contributed by atoms with Crippen LogP contribution in [0.15, 0.2) is 48.5 Å². The molecule has 3 N–H and O–H groups in total. The minimum atomic E-state index is -0.512. The molecule has 0 bridgehead atoms. The standard InChI is InChI=1S/C19H22N4O/c1-12(2)20-18-16-9-4-5-10-17(16)22-19(23-18)21-15-8-6-7-14(11-15)13(3)24/h4-13,24H,1-3H3,(H2,20,21,22,23). The lowest BCUT2D eigenvalue weighted by molar-refractivity contribution is 0.199. The zero-order chi connectivity index (χ0) is 17.1. The lowest BCUT2D eigenvalue weighted by atomic mass is 10.1. The van der Waals surface area contributed by atoms with Crippen molar-refractivity contribution in [3.8, 4) is 0 Å². The Bertz CT molecular complexity index is 846. The first-order chi connectivity index (χ1) is 11.5. The van der Waals surface area contributed by atoms with Crippen LogP contribution in [0, 0.1) is 0 Å². The molecule has 1 atom stereocenters. The van der Waals surface area contributed by atoms with Crippen LogP contribution < -0.4 is 10.6 Å². The van der Waals surface area contributed by atoms with Gasteiger partial charge < -0.3 is 15.7 Å². The summed E-state index contributed by atoms with van der Waals surface area (Å²) >= 11 is 0. The third kappa shape index (κ3) is 3.63. The molecule has 0 radical (unpaired) electrons. The molecular weight excluding hydrogens is 300 g/mol. The van der Waals surface area contributed by atoms with E-state index in [4.69, 9.17) is 0 Å². The van der Waals surface area contributed by atoms with E-state index in [9.17, 15) is 5.11 Å². The van der Waals surface area contributed by atoms with Gasteiger partial charge in [-0.1, -0.05) is 24.3 Å². The molecule has 0 aliphatic heterocycles. The number of aliphatic hydroxyl groups excluding tert-OH is 1. The third-order valence-corrected chi connectivity index (χ3v) is 3.65. The molecule has 1 heterocycles. The summed E-state index contributed by atoms with van der Waals surface area (Å²) in [5, 5.41) is 17.3. The molecule has 5 heteroatoms. The molecule has 0 amide bonds. The fourth-order valence-electron chi connectivity index (χ4n) is 2.52. The van der Waals surface area contributed by atoms with Gasteiger partial charge in [0.25, 0.3) is 0 Å². The number of anilines is 3. The topological polar surface area (TPSA) is 70.1 Å². The minimum Gasteiger partial charge on any atom is -0.389 e. The van der Waals surface area contributed by atoms with Crippen LogP contribution in [0.3, 0.4) is 0 Å². The lowest BCUT2D eigenvalue weighted by Crippen LogP contribution is -2.12. The molecule has 5 nitrogen and oxygen atoms in total. The molecule has 2 aromatic carbocycles. The quantitative estimate of drug-likeness (QED) is 0.655. The second kappa shape index (κ2) is 6.84. The monoisotopic (exact) mass is 322 g/mol. The first-order valence-corrected chi connectivity index (χ1v) is 8.11. The fourth-order valence-corrected chi connectivity index (χ4v) is 2.52. The predicted molar refractivity (Wildman–Crippen MR) is 98.7 cm³/mol. The van der Waals surface area contributed by atoms with Crippen LogP contribution >= 0.6 is 0 Å². The first kappa shape index (κ1) is 16.2. The van der Waals surface area contributed by atoms with E-state index in [0.29, 0.717) is 5.95 Å². The van der Waals surface area contributed by atoms with E-state index in [1.54, 1.807) is 6.92 Å². The van der Waals surface area contributed by atoms with Crippen LogP contribution in [0.25, 0.3) is 10.9 Å². The summed E-state index contributed by atoms with van der Waals surface area (Å²) in [4.78, 5) is 9.20. The number of hydrogen-bond donors (Lipinski definition) is 3. The van der Waals surface area contributed by atoms with E-state index in [-0.39, 0.29) is 6.04 Å². The van der Waals surface area contributed by atoms with Gasteiger partial charge in [-0.25, -0.2) is 4.98 Å². The molecule has 0 aliphatic rings. The Morgan fingerprint density at radius 1 is 0.958 bits per heavy atom. The van der Waals surface area contributed by atoms with E-state index >= 15 is 0 Å². The van der Waals surface area contributed by atoms with E-state index in [0.717, 1.165) is 28.0 Å². The van der Waals surface area contributed by atoms with E-state index in [1.165, 1.54) is 0 Å². The van der Waals surface area contributed by atoms with Crippen molar-refractivity contribution in [2.45, 2.75) is 32.9 Å². The Morgan fingerprint density at radius 3 is 2.50 bits per heavy atom. The van der Waals surface area contributed by atoms with Gasteiger partial charge in [0, 0.05) is 17.1 Å². The Kier molecular flexibility index (Phi) is 4.62. The van der Waals surface area contributed by atoms with Gasteiger partial charge in [0.1, 0.15) is 5.82 Å². The van der Waals surface area contributed by atoms with Gasteiger partial charge in [-0.2, -0.15) is 4.98 Å². The molecule has 1 unspecified atom stereocenters. The van der Waals surface area contributed by atoms with Gasteiger partial charge in [0.15, 0.2) is 0 Å². The molecular formula is C19H22N4O. The Balaban J connectivity index is 1.99. The maximum Gasteiger partial charge on any atom is 0.229 e. The van der Waals surface area contributed by atoms with E-state index in [2.05, 4.69) is 34.4 Å². The average Bonchev–Trinajstić information content (AvgIpc) is 2.54. The van der Waals surface area contributed by atoms with Crippen molar-refractivity contribution in [3.63, 3.8) is 0 Å². The molecule has 3 rings (SSSR count). The highest BCUT2D eigenvalue weighted by Gasteiger charge is 2.09. The highest BCUT2D eigenvalue weighted by atomic mass is 16.3. The van der Waals surface area contributed by atoms with Gasteiger partial charge in [-0.3, -0.25) is 0 Å². The van der Waals surface area contributed by atoms with E-state index < -0.39 is 6.10 Å². The van der Waals surface area contributed by atoms with Crippen LogP contribution in [0.1, 0.15) is 32.4 Å². The van der Waals surface area contributed by atoms with E-state index in [1.807, 2.05) is 48.5 Å². The summed E-state index contributed by atoms with van der Waals surface area (Å²) in [6, 6.07) is 15.8. The van der Waals surface area contributed by atoms with Gasteiger partial charge >= 0.3 is 0 Å². The largest absolute Gasteiger partial charge is 0.389 e. The number of para-hydroxylation sites is 1. The Labute approximate surface area is 141 Å².